The molecule has 7 nitrogen and oxygen atoms in total. The Balaban J connectivity index is 1.53. The second-order valence-electron chi connectivity index (χ2n) is 6.44. The monoisotopic (exact) mass is 385 g/mol. The maximum Gasteiger partial charge on any atom is 0.471 e. The van der Waals surface area contributed by atoms with Crippen LogP contribution in [0.3, 0.4) is 0 Å². The van der Waals surface area contributed by atoms with Gasteiger partial charge in [-0.3, -0.25) is 14.9 Å². The highest BCUT2D eigenvalue weighted by Gasteiger charge is 2.40. The predicted molar refractivity (Wildman–Crippen MR) is 88.4 cm³/mol. The summed E-state index contributed by atoms with van der Waals surface area (Å²) in [7, 11) is 0. The van der Waals surface area contributed by atoms with Crippen LogP contribution in [0, 0.1) is 5.92 Å². The Hall–Kier alpha value is -2.43. The molecule has 2 aliphatic rings. The van der Waals surface area contributed by atoms with Crippen molar-refractivity contribution in [3.8, 4) is 0 Å². The number of nitrogens with zero attached hydrogens (tertiary/aromatic N) is 4. The lowest BCUT2D eigenvalue weighted by atomic mass is 9.83. The summed E-state index contributed by atoms with van der Waals surface area (Å²) >= 11 is 0.910. The second kappa shape index (κ2) is 6.08. The van der Waals surface area contributed by atoms with Crippen molar-refractivity contribution in [2.24, 2.45) is 5.92 Å². The number of alkyl halides is 3. The van der Waals surface area contributed by atoms with Crippen molar-refractivity contribution < 1.29 is 18.0 Å². The van der Waals surface area contributed by atoms with Gasteiger partial charge in [-0.1, -0.05) is 17.4 Å². The Morgan fingerprint density at radius 1 is 1.23 bits per heavy atom. The van der Waals surface area contributed by atoms with E-state index in [1.807, 2.05) is 11.0 Å². The van der Waals surface area contributed by atoms with Crippen molar-refractivity contribution in [3.63, 3.8) is 0 Å². The number of piperidine rings is 1. The smallest absolute Gasteiger partial charge is 0.346 e. The molecule has 2 bridgehead atoms. The summed E-state index contributed by atoms with van der Waals surface area (Å²) in [4.78, 5) is 25.0. The van der Waals surface area contributed by atoms with E-state index in [1.165, 1.54) is 0 Å². The number of amides is 1. The number of anilines is 2. The van der Waals surface area contributed by atoms with Crippen molar-refractivity contribution >= 4 is 27.5 Å². The molecule has 0 aliphatic carbocycles. The quantitative estimate of drug-likeness (QED) is 0.853. The van der Waals surface area contributed by atoms with E-state index in [9.17, 15) is 22.8 Å². The summed E-state index contributed by atoms with van der Waals surface area (Å²) in [5, 5.41) is 9.56. The SMILES string of the molecule is O=C(Nc1nnc(N2C[C@@H]3C[C@H](C2)c2cccc(=O)n2C3)s1)C(F)(F)F. The first kappa shape index (κ1) is 17.0. The fourth-order valence-corrected chi connectivity index (χ4v) is 4.37. The lowest BCUT2D eigenvalue weighted by Crippen LogP contribution is -2.47. The molecule has 2 aromatic rings. The van der Waals surface area contributed by atoms with E-state index in [0.717, 1.165) is 23.5 Å². The maximum atomic E-state index is 12.3. The lowest BCUT2D eigenvalue weighted by Gasteiger charge is -2.42. The van der Waals surface area contributed by atoms with Crippen LogP contribution in [-0.4, -0.2) is 39.9 Å². The number of fused-ring (bicyclic) bond motifs is 4. The molecule has 11 heteroatoms. The molecule has 0 saturated carbocycles. The first-order valence-corrected chi connectivity index (χ1v) is 8.79. The topological polar surface area (TPSA) is 80.1 Å². The third-order valence-electron chi connectivity index (χ3n) is 4.64. The van der Waals surface area contributed by atoms with Crippen LogP contribution < -0.4 is 15.8 Å². The molecule has 1 amide bonds. The summed E-state index contributed by atoms with van der Waals surface area (Å²) in [5.74, 6) is -1.67. The summed E-state index contributed by atoms with van der Waals surface area (Å²) in [5.41, 5.74) is 0.951. The third kappa shape index (κ3) is 3.06. The molecule has 1 saturated heterocycles. The van der Waals surface area contributed by atoms with Gasteiger partial charge in [0.1, 0.15) is 0 Å². The minimum Gasteiger partial charge on any atom is -0.346 e. The summed E-state index contributed by atoms with van der Waals surface area (Å²) in [6, 6.07) is 5.21. The normalized spacial score (nSPS) is 22.0. The average Bonchev–Trinajstić information content (AvgIpc) is 3.03. The molecule has 0 spiro atoms. The molecule has 2 atom stereocenters. The number of nitrogens with one attached hydrogen (secondary N) is 1. The molecule has 1 N–H and O–H groups in total. The van der Waals surface area contributed by atoms with Gasteiger partial charge in [0.25, 0.3) is 5.56 Å². The number of aromatic nitrogens is 3. The zero-order valence-corrected chi connectivity index (χ0v) is 14.2. The van der Waals surface area contributed by atoms with Crippen LogP contribution >= 0.6 is 11.3 Å². The van der Waals surface area contributed by atoms with E-state index in [2.05, 4.69) is 10.2 Å². The van der Waals surface area contributed by atoms with Crippen molar-refractivity contribution in [2.75, 3.05) is 23.3 Å². The third-order valence-corrected chi connectivity index (χ3v) is 5.54. The van der Waals surface area contributed by atoms with Crippen molar-refractivity contribution in [1.82, 2.24) is 14.8 Å². The minimum absolute atomic E-state index is 0.0151. The fraction of sp³-hybridized carbons (Fsp3) is 0.467. The lowest BCUT2D eigenvalue weighted by molar-refractivity contribution is -0.167. The van der Waals surface area contributed by atoms with Gasteiger partial charge in [-0.25, -0.2) is 0 Å². The van der Waals surface area contributed by atoms with Gasteiger partial charge in [-0.15, -0.1) is 10.2 Å². The number of pyridine rings is 1. The first-order valence-electron chi connectivity index (χ1n) is 7.97. The number of halogens is 3. The fourth-order valence-electron chi connectivity index (χ4n) is 3.61. The van der Waals surface area contributed by atoms with Crippen molar-refractivity contribution in [1.29, 1.82) is 0 Å². The van der Waals surface area contributed by atoms with E-state index in [4.69, 9.17) is 0 Å². The number of hydrogen-bond donors (Lipinski definition) is 1. The highest BCUT2D eigenvalue weighted by atomic mass is 32.1. The largest absolute Gasteiger partial charge is 0.471 e. The van der Waals surface area contributed by atoms with Gasteiger partial charge in [0.05, 0.1) is 0 Å². The Morgan fingerprint density at radius 3 is 2.81 bits per heavy atom. The van der Waals surface area contributed by atoms with Crippen LogP contribution in [0.15, 0.2) is 23.0 Å². The van der Waals surface area contributed by atoms with Gasteiger partial charge in [-0.05, 0) is 18.4 Å². The van der Waals surface area contributed by atoms with E-state index in [1.54, 1.807) is 22.0 Å². The molecule has 4 heterocycles. The van der Waals surface area contributed by atoms with Crippen LogP contribution in [-0.2, 0) is 11.3 Å². The molecule has 4 rings (SSSR count). The molecule has 0 radical (unpaired) electrons. The zero-order valence-electron chi connectivity index (χ0n) is 13.4. The van der Waals surface area contributed by atoms with E-state index in [-0.39, 0.29) is 22.5 Å². The highest BCUT2D eigenvalue weighted by molar-refractivity contribution is 7.19. The van der Waals surface area contributed by atoms with E-state index in [0.29, 0.717) is 24.8 Å². The molecular formula is C15H14F3N5O2S. The van der Waals surface area contributed by atoms with Crippen molar-refractivity contribution in [3.05, 3.63) is 34.2 Å². The second-order valence-corrected chi connectivity index (χ2v) is 7.40. The molecule has 2 aliphatic heterocycles. The molecule has 2 aromatic heterocycles. The molecular weight excluding hydrogens is 371 g/mol. The van der Waals surface area contributed by atoms with Gasteiger partial charge < -0.3 is 9.47 Å². The molecule has 0 unspecified atom stereocenters. The average molecular weight is 385 g/mol. The number of rotatable bonds is 2. The summed E-state index contributed by atoms with van der Waals surface area (Å²) in [6.45, 7) is 1.85. The van der Waals surface area contributed by atoms with Crippen molar-refractivity contribution in [2.45, 2.75) is 25.1 Å². The van der Waals surface area contributed by atoms with Crippen LogP contribution in [0.2, 0.25) is 0 Å². The number of hydrogen-bond acceptors (Lipinski definition) is 6. The Morgan fingerprint density at radius 2 is 2.04 bits per heavy atom. The molecule has 26 heavy (non-hydrogen) atoms. The van der Waals surface area contributed by atoms with Crippen LogP contribution in [0.4, 0.5) is 23.4 Å². The van der Waals surface area contributed by atoms with Gasteiger partial charge in [0.15, 0.2) is 0 Å². The van der Waals surface area contributed by atoms with E-state index >= 15 is 0 Å². The molecule has 138 valence electrons. The standard InChI is InChI=1S/C15H14F3N5O2S/c16-15(17,18)12(25)19-13-20-21-14(26-13)22-5-8-4-9(7-22)10-2-1-3-11(24)23(10)6-8/h1-3,8-9H,4-7H2,(H,19,20,25)/t8-,9+/m0/s1. The van der Waals surface area contributed by atoms with Gasteiger partial charge >= 0.3 is 12.1 Å². The Bertz CT molecular complexity index is 909. The minimum atomic E-state index is -4.97. The van der Waals surface area contributed by atoms with Gasteiger partial charge in [0, 0.05) is 37.3 Å². The maximum absolute atomic E-state index is 12.3. The van der Waals surface area contributed by atoms with Crippen LogP contribution in [0.5, 0.6) is 0 Å². The predicted octanol–water partition coefficient (Wildman–Crippen LogP) is 1.82. The number of carbonyl (C=O) groups is 1. The summed E-state index contributed by atoms with van der Waals surface area (Å²) < 4.78 is 38.8. The first-order chi connectivity index (χ1) is 12.3. The van der Waals surface area contributed by atoms with Gasteiger partial charge in [0.2, 0.25) is 10.3 Å². The number of carbonyl (C=O) groups excluding carboxylic acids is 1. The van der Waals surface area contributed by atoms with Crippen LogP contribution in [0.1, 0.15) is 18.0 Å². The summed E-state index contributed by atoms with van der Waals surface area (Å²) in [6.07, 6.45) is -4.01. The van der Waals surface area contributed by atoms with Crippen LogP contribution in [0.25, 0.3) is 0 Å². The molecule has 1 fully saturated rings. The van der Waals surface area contributed by atoms with E-state index < -0.39 is 12.1 Å². The Kier molecular flexibility index (Phi) is 3.98. The zero-order chi connectivity index (χ0) is 18.5. The Labute approximate surface area is 149 Å². The van der Waals surface area contributed by atoms with Gasteiger partial charge in [-0.2, -0.15) is 13.2 Å². The highest BCUT2D eigenvalue weighted by Crippen LogP contribution is 2.38. The molecule has 0 aromatic carbocycles.